The molecule has 0 saturated carbocycles. The zero-order valence-corrected chi connectivity index (χ0v) is 15.8. The third-order valence-electron chi connectivity index (χ3n) is 4.79. The van der Waals surface area contributed by atoms with Crippen LogP contribution < -0.4 is 11.5 Å². The first kappa shape index (κ1) is 19.7. The van der Waals surface area contributed by atoms with Crippen LogP contribution in [0.15, 0.2) is 12.1 Å². The molecular weight excluding hydrogens is 300 g/mol. The lowest BCUT2D eigenvalue weighted by atomic mass is 9.97. The number of benzene rings is 2. The second kappa shape index (κ2) is 7.47. The summed E-state index contributed by atoms with van der Waals surface area (Å²) in [7, 11) is 0. The zero-order valence-electron chi connectivity index (χ0n) is 15.8. The Morgan fingerprint density at radius 2 is 1.21 bits per heavy atom. The Balaban J connectivity index is 0.000000240. The van der Waals surface area contributed by atoms with Crippen LogP contribution in [0, 0.1) is 34.6 Å². The molecule has 0 atom stereocenters. The van der Waals surface area contributed by atoms with Gasteiger partial charge in [-0.25, -0.2) is 0 Å². The minimum Gasteiger partial charge on any atom is -0.505 e. The fourth-order valence-electron chi connectivity index (χ4n) is 2.51. The number of anilines is 2. The largest absolute Gasteiger partial charge is 0.505 e. The van der Waals surface area contributed by atoms with Crippen molar-refractivity contribution >= 4 is 11.4 Å². The van der Waals surface area contributed by atoms with Crippen molar-refractivity contribution in [3.8, 4) is 11.5 Å². The Bertz CT molecular complexity index is 645. The van der Waals surface area contributed by atoms with E-state index in [9.17, 15) is 10.2 Å². The van der Waals surface area contributed by atoms with Crippen LogP contribution in [-0.2, 0) is 0 Å². The predicted octanol–water partition coefficient (Wildman–Crippen LogP) is 4.61. The maximum absolute atomic E-state index is 9.62. The summed E-state index contributed by atoms with van der Waals surface area (Å²) in [6.45, 7) is 13.8. The van der Waals surface area contributed by atoms with Crippen LogP contribution >= 0.6 is 0 Å². The topological polar surface area (TPSA) is 92.5 Å². The molecule has 0 aromatic heterocycles. The molecule has 0 aliphatic carbocycles. The molecule has 0 spiro atoms. The molecule has 2 rings (SSSR count). The minimum absolute atomic E-state index is 0.232. The molecule has 0 unspecified atom stereocenters. The molecule has 0 heterocycles. The first-order chi connectivity index (χ1) is 11.0. The molecule has 4 heteroatoms. The fourth-order valence-corrected chi connectivity index (χ4v) is 2.51. The average molecular weight is 330 g/mol. The molecule has 0 aliphatic heterocycles. The van der Waals surface area contributed by atoms with E-state index in [1.807, 2.05) is 60.6 Å². The summed E-state index contributed by atoms with van der Waals surface area (Å²) in [6, 6.07) is 3.86. The highest BCUT2D eigenvalue weighted by Gasteiger charge is 2.11. The highest BCUT2D eigenvalue weighted by molar-refractivity contribution is 5.66. The quantitative estimate of drug-likeness (QED) is 0.453. The van der Waals surface area contributed by atoms with Gasteiger partial charge in [0.2, 0.25) is 0 Å². The number of phenols is 2. The van der Waals surface area contributed by atoms with Gasteiger partial charge < -0.3 is 21.7 Å². The molecule has 0 radical (unpaired) electrons. The van der Waals surface area contributed by atoms with Crippen LogP contribution in [0.4, 0.5) is 11.4 Å². The van der Waals surface area contributed by atoms with E-state index < -0.39 is 0 Å². The number of hydrogen-bond donors (Lipinski definition) is 4. The summed E-state index contributed by atoms with van der Waals surface area (Å²) < 4.78 is 0. The molecule has 0 saturated heterocycles. The van der Waals surface area contributed by atoms with Crippen LogP contribution in [0.5, 0.6) is 11.5 Å². The minimum atomic E-state index is 0.232. The molecule has 6 N–H and O–H groups in total. The Morgan fingerprint density at radius 3 is 1.71 bits per heavy atom. The Kier molecular flexibility index (Phi) is 6.13. The molecule has 4 nitrogen and oxygen atoms in total. The van der Waals surface area contributed by atoms with Crippen molar-refractivity contribution in [2.45, 2.75) is 54.4 Å². The van der Waals surface area contributed by atoms with Crippen molar-refractivity contribution in [2.75, 3.05) is 11.5 Å². The lowest BCUT2D eigenvalue weighted by molar-refractivity contribution is 0.467. The van der Waals surface area contributed by atoms with Crippen molar-refractivity contribution in [1.82, 2.24) is 0 Å². The fraction of sp³-hybridized carbons (Fsp3) is 0.400. The lowest BCUT2D eigenvalue weighted by Gasteiger charge is -2.13. The maximum Gasteiger partial charge on any atom is 0.142 e. The van der Waals surface area contributed by atoms with Gasteiger partial charge in [0.1, 0.15) is 11.5 Å². The van der Waals surface area contributed by atoms with E-state index in [0.29, 0.717) is 17.3 Å². The van der Waals surface area contributed by atoms with Crippen molar-refractivity contribution in [3.63, 3.8) is 0 Å². The Morgan fingerprint density at radius 1 is 0.708 bits per heavy atom. The summed E-state index contributed by atoms with van der Waals surface area (Å²) in [4.78, 5) is 0. The summed E-state index contributed by atoms with van der Waals surface area (Å²) in [5.41, 5.74) is 18.4. The standard InChI is InChI=1S/2C10H15NO/c1-6(2)8-5-4-7(3)9(11)10(8)12;1-5-6(2)8(4)10(12)9(11)7(5)3/h4-6,12H,11H2,1-3H3;12H,11H2,1-4H3. The van der Waals surface area contributed by atoms with E-state index in [2.05, 4.69) is 0 Å². The van der Waals surface area contributed by atoms with Gasteiger partial charge in [0.15, 0.2) is 0 Å². The van der Waals surface area contributed by atoms with E-state index in [1.165, 1.54) is 5.56 Å². The van der Waals surface area contributed by atoms with Gasteiger partial charge in [-0.2, -0.15) is 0 Å². The number of aromatic hydroxyl groups is 2. The summed E-state index contributed by atoms with van der Waals surface area (Å²) >= 11 is 0. The smallest absolute Gasteiger partial charge is 0.142 e. The van der Waals surface area contributed by atoms with Crippen LogP contribution in [0.25, 0.3) is 0 Å². The molecule has 24 heavy (non-hydrogen) atoms. The van der Waals surface area contributed by atoms with Crippen LogP contribution in [0.3, 0.4) is 0 Å². The molecule has 0 amide bonds. The molecule has 0 fully saturated rings. The first-order valence-corrected chi connectivity index (χ1v) is 8.13. The summed E-state index contributed by atoms with van der Waals surface area (Å²) in [5, 5.41) is 19.2. The normalized spacial score (nSPS) is 10.5. The molecular formula is C20H30N2O2. The molecule has 132 valence electrons. The van der Waals surface area contributed by atoms with Gasteiger partial charge in [-0.3, -0.25) is 0 Å². The maximum atomic E-state index is 9.62. The molecule has 2 aromatic carbocycles. The van der Waals surface area contributed by atoms with E-state index >= 15 is 0 Å². The van der Waals surface area contributed by atoms with E-state index in [-0.39, 0.29) is 11.5 Å². The second-order valence-corrected chi connectivity index (χ2v) is 6.65. The van der Waals surface area contributed by atoms with Crippen molar-refractivity contribution in [1.29, 1.82) is 0 Å². The third-order valence-corrected chi connectivity index (χ3v) is 4.79. The molecule has 0 bridgehead atoms. The second-order valence-electron chi connectivity index (χ2n) is 6.65. The highest BCUT2D eigenvalue weighted by Crippen LogP contribution is 2.33. The van der Waals surface area contributed by atoms with Gasteiger partial charge in [-0.15, -0.1) is 0 Å². The Labute approximate surface area is 145 Å². The van der Waals surface area contributed by atoms with Crippen molar-refractivity contribution in [3.05, 3.63) is 45.5 Å². The van der Waals surface area contributed by atoms with Gasteiger partial charge in [-0.1, -0.05) is 26.0 Å². The number of phenolic OH excluding ortho intramolecular Hbond substituents is 2. The van der Waals surface area contributed by atoms with Crippen LogP contribution in [-0.4, -0.2) is 10.2 Å². The molecule has 2 aromatic rings. The van der Waals surface area contributed by atoms with Crippen molar-refractivity contribution < 1.29 is 10.2 Å². The highest BCUT2D eigenvalue weighted by atomic mass is 16.3. The predicted molar refractivity (Wildman–Crippen MR) is 103 cm³/mol. The summed E-state index contributed by atoms with van der Waals surface area (Å²) in [5.74, 6) is 0.786. The van der Waals surface area contributed by atoms with Gasteiger partial charge >= 0.3 is 0 Å². The van der Waals surface area contributed by atoms with Crippen LogP contribution in [0.1, 0.15) is 53.1 Å². The van der Waals surface area contributed by atoms with E-state index in [0.717, 1.165) is 27.8 Å². The number of nitrogens with two attached hydrogens (primary N) is 2. The van der Waals surface area contributed by atoms with Gasteiger partial charge in [0.05, 0.1) is 11.4 Å². The summed E-state index contributed by atoms with van der Waals surface area (Å²) in [6.07, 6.45) is 0. The average Bonchev–Trinajstić information content (AvgIpc) is 2.54. The van der Waals surface area contributed by atoms with Gasteiger partial charge in [0.25, 0.3) is 0 Å². The number of aryl methyl sites for hydroxylation is 1. The van der Waals surface area contributed by atoms with Gasteiger partial charge in [-0.05, 0) is 73.9 Å². The number of nitrogen functional groups attached to an aromatic ring is 2. The van der Waals surface area contributed by atoms with Crippen LogP contribution in [0.2, 0.25) is 0 Å². The number of rotatable bonds is 1. The zero-order chi connectivity index (χ0) is 18.8. The monoisotopic (exact) mass is 330 g/mol. The third kappa shape index (κ3) is 3.75. The lowest BCUT2D eigenvalue weighted by Crippen LogP contribution is -1.98. The van der Waals surface area contributed by atoms with E-state index in [4.69, 9.17) is 11.5 Å². The molecule has 0 aliphatic rings. The number of hydrogen-bond acceptors (Lipinski definition) is 4. The first-order valence-electron chi connectivity index (χ1n) is 8.13. The Hall–Kier alpha value is -2.36. The van der Waals surface area contributed by atoms with Crippen molar-refractivity contribution in [2.24, 2.45) is 0 Å². The SMILES string of the molecule is Cc1c(C)c(C)c(O)c(N)c1C.Cc1ccc(C(C)C)c(O)c1N. The van der Waals surface area contributed by atoms with E-state index in [1.54, 1.807) is 0 Å². The van der Waals surface area contributed by atoms with Gasteiger partial charge in [0, 0.05) is 0 Å².